The zero-order valence-corrected chi connectivity index (χ0v) is 9.92. The van der Waals surface area contributed by atoms with Crippen LogP contribution in [0.3, 0.4) is 0 Å². The summed E-state index contributed by atoms with van der Waals surface area (Å²) in [4.78, 5) is 12.8. The zero-order valence-electron chi connectivity index (χ0n) is 9.92. The molecule has 2 fully saturated rings. The maximum Gasteiger partial charge on any atom is 0.410 e. The van der Waals surface area contributed by atoms with Gasteiger partial charge in [-0.1, -0.05) is 0 Å². The highest BCUT2D eigenvalue weighted by atomic mass is 19.1. The zero-order chi connectivity index (χ0) is 12.2. The van der Waals surface area contributed by atoms with Gasteiger partial charge in [0.15, 0.2) is 5.67 Å². The lowest BCUT2D eigenvalue weighted by atomic mass is 9.88. The van der Waals surface area contributed by atoms with E-state index in [4.69, 9.17) is 4.74 Å². The predicted molar refractivity (Wildman–Crippen MR) is 55.8 cm³/mol. The molecule has 16 heavy (non-hydrogen) atoms. The van der Waals surface area contributed by atoms with Gasteiger partial charge in [-0.2, -0.15) is 0 Å². The number of aliphatic hydroxyl groups is 1. The summed E-state index contributed by atoms with van der Waals surface area (Å²) in [5, 5.41) is 9.69. The number of likely N-dealkylation sites (tertiary alicyclic amines) is 1. The molecule has 1 heterocycles. The first-order valence-electron chi connectivity index (χ1n) is 5.55. The Morgan fingerprint density at radius 3 is 2.25 bits per heavy atom. The fraction of sp³-hybridized carbons (Fsp3) is 0.909. The van der Waals surface area contributed by atoms with E-state index in [-0.39, 0.29) is 13.1 Å². The van der Waals surface area contributed by atoms with Crippen LogP contribution in [0.5, 0.6) is 0 Å². The number of amides is 1. The average molecular weight is 231 g/mol. The number of hydrogen-bond donors (Lipinski definition) is 1. The van der Waals surface area contributed by atoms with Crippen LogP contribution < -0.4 is 0 Å². The van der Waals surface area contributed by atoms with Gasteiger partial charge < -0.3 is 14.7 Å². The number of alkyl halides is 1. The molecule has 2 aliphatic rings. The number of carbonyl (C=O) groups is 1. The van der Waals surface area contributed by atoms with Gasteiger partial charge in [0.1, 0.15) is 11.2 Å². The molecule has 1 N–H and O–H groups in total. The Hall–Kier alpha value is -0.840. The molecule has 2 rings (SSSR count). The van der Waals surface area contributed by atoms with Crippen LogP contribution >= 0.6 is 0 Å². The smallest absolute Gasteiger partial charge is 0.410 e. The lowest BCUT2D eigenvalue weighted by Gasteiger charge is -2.47. The summed E-state index contributed by atoms with van der Waals surface area (Å²) in [6.45, 7) is 5.18. The topological polar surface area (TPSA) is 49.8 Å². The standard InChI is InChI=1S/C11H18FNO3/c1-9(2,3)16-8(14)13-6-10(12,7-13)11(15)4-5-11/h15H,4-7H2,1-3H3. The van der Waals surface area contributed by atoms with E-state index in [9.17, 15) is 14.3 Å². The minimum Gasteiger partial charge on any atom is -0.444 e. The molecular weight excluding hydrogens is 213 g/mol. The molecule has 1 amide bonds. The number of hydrogen-bond acceptors (Lipinski definition) is 3. The highest BCUT2D eigenvalue weighted by molar-refractivity contribution is 5.70. The van der Waals surface area contributed by atoms with Gasteiger partial charge in [-0.3, -0.25) is 0 Å². The van der Waals surface area contributed by atoms with Gasteiger partial charge in [-0.15, -0.1) is 0 Å². The minimum atomic E-state index is -1.62. The molecule has 1 aliphatic carbocycles. The van der Waals surface area contributed by atoms with Crippen molar-refractivity contribution in [1.29, 1.82) is 0 Å². The van der Waals surface area contributed by atoms with Gasteiger partial charge in [-0.25, -0.2) is 9.18 Å². The second-order valence-electron chi connectivity index (χ2n) is 5.83. The van der Waals surface area contributed by atoms with Crippen molar-refractivity contribution in [1.82, 2.24) is 4.90 Å². The summed E-state index contributed by atoms with van der Waals surface area (Å²) >= 11 is 0. The molecule has 1 saturated heterocycles. The Bertz CT molecular complexity index is 314. The van der Waals surface area contributed by atoms with Gasteiger partial charge in [0.05, 0.1) is 13.1 Å². The van der Waals surface area contributed by atoms with Crippen molar-refractivity contribution in [3.63, 3.8) is 0 Å². The van der Waals surface area contributed by atoms with Gasteiger partial charge >= 0.3 is 6.09 Å². The number of nitrogens with zero attached hydrogens (tertiary/aromatic N) is 1. The first-order chi connectivity index (χ1) is 7.15. The Balaban J connectivity index is 1.86. The van der Waals surface area contributed by atoms with E-state index in [2.05, 4.69) is 0 Å². The quantitative estimate of drug-likeness (QED) is 0.743. The number of rotatable bonds is 1. The van der Waals surface area contributed by atoms with E-state index in [1.165, 1.54) is 4.90 Å². The molecule has 0 unspecified atom stereocenters. The summed E-state index contributed by atoms with van der Waals surface area (Å²) in [6, 6.07) is 0. The summed E-state index contributed by atoms with van der Waals surface area (Å²) in [7, 11) is 0. The van der Waals surface area contributed by atoms with Crippen molar-refractivity contribution < 1.29 is 19.0 Å². The molecule has 0 aromatic carbocycles. The maximum atomic E-state index is 14.0. The van der Waals surface area contributed by atoms with Gasteiger partial charge in [0.2, 0.25) is 0 Å². The maximum absolute atomic E-state index is 14.0. The van der Waals surface area contributed by atoms with Crippen molar-refractivity contribution in [3.05, 3.63) is 0 Å². The van der Waals surface area contributed by atoms with E-state index in [1.807, 2.05) is 0 Å². The number of carbonyl (C=O) groups excluding carboxylic acids is 1. The minimum absolute atomic E-state index is 0.0571. The summed E-state index contributed by atoms with van der Waals surface area (Å²) in [5.41, 5.74) is -3.38. The molecule has 1 aliphatic heterocycles. The first-order valence-corrected chi connectivity index (χ1v) is 5.55. The van der Waals surface area contributed by atoms with Crippen molar-refractivity contribution in [3.8, 4) is 0 Å². The molecule has 0 bridgehead atoms. The predicted octanol–water partition coefficient (Wildman–Crippen LogP) is 1.47. The van der Waals surface area contributed by atoms with Crippen LogP contribution in [-0.4, -0.2) is 46.1 Å². The molecule has 0 aromatic heterocycles. The fourth-order valence-corrected chi connectivity index (χ4v) is 1.88. The Morgan fingerprint density at radius 1 is 1.38 bits per heavy atom. The molecule has 0 radical (unpaired) electrons. The van der Waals surface area contributed by atoms with Crippen LogP contribution in [0, 0.1) is 0 Å². The van der Waals surface area contributed by atoms with Crippen LogP contribution in [0.2, 0.25) is 0 Å². The SMILES string of the molecule is CC(C)(C)OC(=O)N1CC(F)(C2(O)CC2)C1. The monoisotopic (exact) mass is 231 g/mol. The highest BCUT2D eigenvalue weighted by Crippen LogP contribution is 2.51. The summed E-state index contributed by atoms with van der Waals surface area (Å²) < 4.78 is 19.1. The number of halogens is 1. The molecule has 0 spiro atoms. The Morgan fingerprint density at radius 2 is 1.88 bits per heavy atom. The second kappa shape index (κ2) is 3.09. The van der Waals surface area contributed by atoms with Crippen LogP contribution in [0.1, 0.15) is 33.6 Å². The van der Waals surface area contributed by atoms with Crippen molar-refractivity contribution >= 4 is 6.09 Å². The average Bonchev–Trinajstić information content (AvgIpc) is 2.75. The van der Waals surface area contributed by atoms with Crippen molar-refractivity contribution in [2.24, 2.45) is 0 Å². The third-order valence-electron chi connectivity index (χ3n) is 3.09. The number of ether oxygens (including phenoxy) is 1. The second-order valence-corrected chi connectivity index (χ2v) is 5.83. The van der Waals surface area contributed by atoms with Crippen molar-refractivity contribution in [2.45, 2.75) is 50.5 Å². The van der Waals surface area contributed by atoms with Gasteiger partial charge in [0.25, 0.3) is 0 Å². The van der Waals surface area contributed by atoms with Gasteiger partial charge in [-0.05, 0) is 33.6 Å². The normalized spacial score (nSPS) is 25.9. The van der Waals surface area contributed by atoms with Crippen LogP contribution in [0.15, 0.2) is 0 Å². The molecule has 1 saturated carbocycles. The molecular formula is C11H18FNO3. The van der Waals surface area contributed by atoms with E-state index in [1.54, 1.807) is 20.8 Å². The van der Waals surface area contributed by atoms with Crippen LogP contribution in [0.25, 0.3) is 0 Å². The Labute approximate surface area is 94.4 Å². The highest BCUT2D eigenvalue weighted by Gasteiger charge is 2.66. The van der Waals surface area contributed by atoms with Crippen molar-refractivity contribution in [2.75, 3.05) is 13.1 Å². The van der Waals surface area contributed by atoms with Crippen LogP contribution in [-0.2, 0) is 4.74 Å². The fourth-order valence-electron chi connectivity index (χ4n) is 1.88. The van der Waals surface area contributed by atoms with E-state index in [0.29, 0.717) is 12.8 Å². The lowest BCUT2D eigenvalue weighted by molar-refractivity contribution is -0.123. The van der Waals surface area contributed by atoms with Crippen LogP contribution in [0.4, 0.5) is 9.18 Å². The molecule has 5 heteroatoms. The molecule has 0 aromatic rings. The molecule has 92 valence electrons. The third-order valence-corrected chi connectivity index (χ3v) is 3.09. The largest absolute Gasteiger partial charge is 0.444 e. The summed E-state index contributed by atoms with van der Waals surface area (Å²) in [6.07, 6.45) is 0.474. The molecule has 4 nitrogen and oxygen atoms in total. The lowest BCUT2D eigenvalue weighted by Crippen LogP contribution is -2.67. The third kappa shape index (κ3) is 1.88. The molecule has 0 atom stereocenters. The summed E-state index contributed by atoms with van der Waals surface area (Å²) in [5.74, 6) is 0. The van der Waals surface area contributed by atoms with Gasteiger partial charge in [0, 0.05) is 0 Å². The van der Waals surface area contributed by atoms with E-state index in [0.717, 1.165) is 0 Å². The Kier molecular flexibility index (Phi) is 2.25. The van der Waals surface area contributed by atoms with E-state index >= 15 is 0 Å². The van der Waals surface area contributed by atoms with E-state index < -0.39 is 23.0 Å². The first kappa shape index (κ1) is 11.6.